The van der Waals surface area contributed by atoms with Crippen molar-refractivity contribution in [1.82, 2.24) is 20.6 Å². The number of rotatable bonds is 19. The molecule has 76 heavy (non-hydrogen) atoms. The zero-order valence-corrected chi connectivity index (χ0v) is 43.9. The van der Waals surface area contributed by atoms with Crippen molar-refractivity contribution in [3.05, 3.63) is 90.8 Å². The summed E-state index contributed by atoms with van der Waals surface area (Å²) >= 11 is 4.86. The Morgan fingerprint density at radius 3 is 1.61 bits per heavy atom. The lowest BCUT2D eigenvalue weighted by Gasteiger charge is -2.20. The summed E-state index contributed by atoms with van der Waals surface area (Å²) in [6.07, 6.45) is 6.14. The molecule has 0 spiro atoms. The first kappa shape index (κ1) is 57.8. The number of esters is 2. The molecule has 0 saturated heterocycles. The van der Waals surface area contributed by atoms with E-state index in [9.17, 15) is 39.0 Å². The SMILES string of the molecule is C=C[C@H]1C[C@]1(NC(=O)[C@H]1CCC(Oc2cc(C(=O)C=[N+]=[N-])nc3cc(OC)ccc23)C1)C(=O)OC.C=C[C@H]1C[C@]1(NC(=O)[C@H]1CCC(Oc2cc(C(O)O)nc3cc(OC)ccc23)C1)C(=O)OC.CC(C)COC(=O)Cl. The van der Waals surface area contributed by atoms with Gasteiger partial charge in [-0.25, -0.2) is 24.4 Å². The fourth-order valence-electron chi connectivity index (χ4n) is 9.37. The van der Waals surface area contributed by atoms with Crippen LogP contribution in [0.15, 0.2) is 73.8 Å². The number of aromatic nitrogens is 2. The highest BCUT2D eigenvalue weighted by Gasteiger charge is 2.62. The number of benzene rings is 2. The van der Waals surface area contributed by atoms with Crippen LogP contribution in [0.5, 0.6) is 23.0 Å². The van der Waals surface area contributed by atoms with Gasteiger partial charge in [-0.1, -0.05) is 26.0 Å². The number of fused-ring (bicyclic) bond motifs is 2. The van der Waals surface area contributed by atoms with Crippen LogP contribution in [0.4, 0.5) is 4.79 Å². The Balaban J connectivity index is 0.000000216. The van der Waals surface area contributed by atoms with Crippen molar-refractivity contribution in [3.8, 4) is 23.0 Å². The minimum atomic E-state index is -1.75. The largest absolute Gasteiger partial charge is 0.497 e. The fraction of sp³-hybridized carbons (Fsp3) is 0.463. The minimum Gasteiger partial charge on any atom is -0.497 e. The quantitative estimate of drug-likeness (QED) is 0.00892. The molecule has 406 valence electrons. The third kappa shape index (κ3) is 13.7. The number of hydrogen-bond donors (Lipinski definition) is 4. The molecule has 2 heterocycles. The van der Waals surface area contributed by atoms with Gasteiger partial charge in [-0.3, -0.25) is 14.4 Å². The van der Waals surface area contributed by atoms with Crippen molar-refractivity contribution in [2.24, 2.45) is 29.6 Å². The highest BCUT2D eigenvalue weighted by atomic mass is 35.5. The van der Waals surface area contributed by atoms with E-state index in [0.29, 0.717) is 109 Å². The number of aliphatic hydroxyl groups is 2. The van der Waals surface area contributed by atoms with E-state index in [2.05, 4.69) is 43.3 Å². The Kier molecular flexibility index (Phi) is 19.3. The summed E-state index contributed by atoms with van der Waals surface area (Å²) in [6.45, 7) is 11.7. The van der Waals surface area contributed by atoms with Crippen LogP contribution >= 0.6 is 11.6 Å². The van der Waals surface area contributed by atoms with Crippen LogP contribution in [0, 0.1) is 29.6 Å². The van der Waals surface area contributed by atoms with Gasteiger partial charge in [0.1, 0.15) is 45.5 Å². The number of pyridine rings is 2. The molecule has 21 nitrogen and oxygen atoms in total. The number of amides is 2. The van der Waals surface area contributed by atoms with Crippen LogP contribution < -0.4 is 29.6 Å². The monoisotopic (exact) mass is 1070 g/mol. The lowest BCUT2D eigenvalue weighted by molar-refractivity contribution is -0.147. The van der Waals surface area contributed by atoms with Crippen molar-refractivity contribution in [2.45, 2.75) is 94.8 Å². The number of hydrogen-bond acceptors (Lipinski definition) is 17. The predicted molar refractivity (Wildman–Crippen MR) is 276 cm³/mol. The first-order valence-corrected chi connectivity index (χ1v) is 24.9. The number of nitrogens with one attached hydrogen (secondary N) is 2. The Hall–Kier alpha value is -7.45. The number of halogens is 1. The van der Waals surface area contributed by atoms with Crippen molar-refractivity contribution < 1.29 is 76.9 Å². The maximum atomic E-state index is 13.0. The summed E-state index contributed by atoms with van der Waals surface area (Å²) in [5.41, 5.74) is 7.06. The van der Waals surface area contributed by atoms with Crippen molar-refractivity contribution in [1.29, 1.82) is 0 Å². The molecule has 4 aromatic rings. The summed E-state index contributed by atoms with van der Waals surface area (Å²) in [4.78, 5) is 83.9. The number of ether oxygens (including phenoxy) is 7. The third-order valence-corrected chi connectivity index (χ3v) is 13.8. The molecule has 2 aromatic carbocycles. The van der Waals surface area contributed by atoms with Gasteiger partial charge in [-0.15, -0.1) is 13.2 Å². The molecule has 0 bridgehead atoms. The molecule has 4 saturated carbocycles. The molecule has 2 aromatic heterocycles. The molecule has 0 aliphatic heterocycles. The van der Waals surface area contributed by atoms with Crippen molar-refractivity contribution in [3.63, 3.8) is 0 Å². The molecule has 8 rings (SSSR count). The van der Waals surface area contributed by atoms with E-state index in [0.717, 1.165) is 6.21 Å². The van der Waals surface area contributed by atoms with E-state index in [4.69, 9.17) is 45.6 Å². The molecule has 4 fully saturated rings. The standard InChI is InChI=1S/C25H26N4O6.C24H28N2O7.C5H9ClO2/c1-4-15-12-25(15,24(32)34-3)29-23(31)14-5-6-17(9-14)35-22-11-20(21(30)13-27-26)28-19-10-16(33-2)7-8-18(19)22;1-4-14-12-24(14,23(30)32-3)26-21(27)13-5-6-16(9-13)33-20-11-19(22(28)29)25-18-10-15(31-2)7-8-17(18)20;1-4(2)3-8-5(6)7/h4,7-8,10-11,13-15,17H,1,5-6,9,12H2,2-3H3,(H,29,31);4,7-8,10-11,13-14,16,22,28-29H,1,5-6,9,12H2,2-3H3,(H,26,27);4H,3H2,1-2H3/t14-,15-,17?,25+;13-,14-,16?,24+;/m00./s1. The first-order valence-electron chi connectivity index (χ1n) is 24.6. The maximum absolute atomic E-state index is 13.0. The van der Waals surface area contributed by atoms with E-state index in [1.807, 2.05) is 13.8 Å². The van der Waals surface area contributed by atoms with Gasteiger partial charge in [0.15, 0.2) is 6.29 Å². The van der Waals surface area contributed by atoms with Gasteiger partial charge in [-0.05, 0) is 81.5 Å². The van der Waals surface area contributed by atoms with Crippen LogP contribution in [-0.4, -0.2) is 124 Å². The average Bonchev–Trinajstić information content (AvgIpc) is 4.17. The van der Waals surface area contributed by atoms with E-state index >= 15 is 0 Å². The zero-order chi connectivity index (χ0) is 55.5. The van der Waals surface area contributed by atoms with Crippen LogP contribution in [0.1, 0.15) is 87.7 Å². The molecule has 0 radical (unpaired) electrons. The molecule has 22 heteroatoms. The van der Waals surface area contributed by atoms with Gasteiger partial charge < -0.3 is 59.5 Å². The smallest absolute Gasteiger partial charge is 0.403 e. The van der Waals surface area contributed by atoms with Crippen LogP contribution in [0.2, 0.25) is 0 Å². The van der Waals surface area contributed by atoms with Gasteiger partial charge in [-0.2, -0.15) is 4.79 Å². The molecular weight excluding hydrogens is 1010 g/mol. The average molecular weight is 1070 g/mol. The number of Topliss-reactive ketones (excluding diaryl/α,β-unsaturated/α-hetero) is 1. The summed E-state index contributed by atoms with van der Waals surface area (Å²) in [6, 6.07) is 13.5. The lowest BCUT2D eigenvalue weighted by atomic mass is 10.1. The highest BCUT2D eigenvalue weighted by Crippen LogP contribution is 2.47. The van der Waals surface area contributed by atoms with E-state index in [1.54, 1.807) is 48.6 Å². The fourth-order valence-corrected chi connectivity index (χ4v) is 9.43. The van der Waals surface area contributed by atoms with Crippen LogP contribution in [0.3, 0.4) is 0 Å². The topological polar surface area (TPSA) is 294 Å². The second-order valence-electron chi connectivity index (χ2n) is 19.2. The van der Waals surface area contributed by atoms with E-state index in [-0.39, 0.29) is 59.1 Å². The molecule has 2 unspecified atom stereocenters. The predicted octanol–water partition coefficient (Wildman–Crippen LogP) is 6.53. The molecule has 2 amide bonds. The Labute approximate surface area is 443 Å². The van der Waals surface area contributed by atoms with Gasteiger partial charge >= 0.3 is 23.6 Å². The van der Waals surface area contributed by atoms with Crippen LogP contribution in [0.25, 0.3) is 27.3 Å². The molecule has 4 aliphatic rings. The minimum absolute atomic E-state index is 0.0510. The van der Waals surface area contributed by atoms with Gasteiger partial charge in [0.05, 0.1) is 58.3 Å². The van der Waals surface area contributed by atoms with E-state index in [1.165, 1.54) is 40.6 Å². The second kappa shape index (κ2) is 25.4. The number of carbonyl (C=O) groups excluding carboxylic acids is 6. The Morgan fingerprint density at radius 1 is 0.750 bits per heavy atom. The van der Waals surface area contributed by atoms with Crippen LogP contribution in [-0.2, 0) is 33.4 Å². The Morgan fingerprint density at radius 2 is 1.22 bits per heavy atom. The first-order chi connectivity index (χ1) is 36.3. The maximum Gasteiger partial charge on any atom is 0.403 e. The molecule has 8 atom stereocenters. The molecule has 4 N–H and O–H groups in total. The number of aliphatic hydroxyl groups excluding tert-OH is 1. The summed E-state index contributed by atoms with van der Waals surface area (Å²) in [5.74, 6) is -0.459. The summed E-state index contributed by atoms with van der Waals surface area (Å²) in [7, 11) is 5.67. The zero-order valence-electron chi connectivity index (χ0n) is 43.1. The third-order valence-electron chi connectivity index (χ3n) is 13.7. The van der Waals surface area contributed by atoms with Crippen molar-refractivity contribution in [2.75, 3.05) is 35.0 Å². The van der Waals surface area contributed by atoms with Gasteiger partial charge in [0, 0.05) is 70.3 Å². The molecular formula is C54H63ClN6O15. The van der Waals surface area contributed by atoms with Crippen molar-refractivity contribution >= 4 is 74.6 Å². The second-order valence-corrected chi connectivity index (χ2v) is 19.5. The lowest BCUT2D eigenvalue weighted by Crippen LogP contribution is -2.47. The number of nitrogens with zero attached hydrogens (tertiary/aromatic N) is 4. The van der Waals surface area contributed by atoms with E-state index < -0.39 is 40.5 Å². The van der Waals surface area contributed by atoms with Gasteiger partial charge in [0.2, 0.25) is 11.8 Å². The van der Waals surface area contributed by atoms with Gasteiger partial charge in [0.25, 0.3) is 5.78 Å². The number of methoxy groups -OCH3 is 4. The normalized spacial score (nSPS) is 23.7. The Bertz CT molecular complexity index is 2910. The summed E-state index contributed by atoms with van der Waals surface area (Å²) in [5, 5.41) is 26.4. The number of carbonyl (C=O) groups is 6. The molecule has 4 aliphatic carbocycles. The summed E-state index contributed by atoms with van der Waals surface area (Å²) < 4.78 is 37.1. The highest BCUT2D eigenvalue weighted by molar-refractivity contribution is 6.61. The number of ketones is 1.